The van der Waals surface area contributed by atoms with Crippen LogP contribution in [0.3, 0.4) is 0 Å². The van der Waals surface area contributed by atoms with Crippen LogP contribution in [0, 0.1) is 5.92 Å². The molecular weight excluding hydrogens is 433 g/mol. The van der Waals surface area contributed by atoms with Crippen LogP contribution in [0.4, 0.5) is 0 Å². The molecule has 0 saturated heterocycles. The van der Waals surface area contributed by atoms with Crippen molar-refractivity contribution in [3.8, 4) is 0 Å². The SMILES string of the molecule is C[C@H]1C[C@H](O[Si](C)(C)C(C)(C)C)/C1=C\[Si](c1ccccc1)(c1ccccc1)c1ccccc1. The minimum Gasteiger partial charge on any atom is -0.410 e. The van der Waals surface area contributed by atoms with Gasteiger partial charge >= 0.3 is 0 Å². The second kappa shape index (κ2) is 9.21. The Morgan fingerprint density at radius 3 is 1.45 bits per heavy atom. The van der Waals surface area contributed by atoms with Crippen LogP contribution in [0.15, 0.2) is 102 Å². The van der Waals surface area contributed by atoms with Crippen LogP contribution in [0.1, 0.15) is 34.1 Å². The number of rotatable bonds is 6. The summed E-state index contributed by atoms with van der Waals surface area (Å²) in [6.07, 6.45) is 1.37. The summed E-state index contributed by atoms with van der Waals surface area (Å²) in [7, 11) is -4.24. The molecule has 0 N–H and O–H groups in total. The molecule has 33 heavy (non-hydrogen) atoms. The van der Waals surface area contributed by atoms with Crippen molar-refractivity contribution in [3.05, 3.63) is 102 Å². The van der Waals surface area contributed by atoms with Gasteiger partial charge < -0.3 is 4.43 Å². The summed E-state index contributed by atoms with van der Waals surface area (Å²) in [5.41, 5.74) is 4.18. The van der Waals surface area contributed by atoms with E-state index in [-0.39, 0.29) is 11.1 Å². The van der Waals surface area contributed by atoms with E-state index in [1.807, 2.05) is 0 Å². The van der Waals surface area contributed by atoms with E-state index >= 15 is 0 Å². The van der Waals surface area contributed by atoms with Gasteiger partial charge in [-0.3, -0.25) is 0 Å². The second-order valence-electron chi connectivity index (χ2n) is 11.1. The first-order chi connectivity index (χ1) is 15.6. The zero-order valence-electron chi connectivity index (χ0n) is 21.0. The van der Waals surface area contributed by atoms with E-state index in [4.69, 9.17) is 4.43 Å². The zero-order chi connectivity index (χ0) is 23.7. The minimum atomic E-state index is -2.39. The molecule has 3 aromatic rings. The van der Waals surface area contributed by atoms with Crippen LogP contribution in [-0.4, -0.2) is 22.5 Å². The van der Waals surface area contributed by atoms with Crippen molar-refractivity contribution in [1.82, 2.24) is 0 Å². The molecule has 3 aromatic carbocycles. The van der Waals surface area contributed by atoms with E-state index in [1.165, 1.54) is 21.1 Å². The van der Waals surface area contributed by atoms with Gasteiger partial charge in [-0.1, -0.05) is 124 Å². The summed E-state index contributed by atoms with van der Waals surface area (Å²) in [6, 6.07) is 33.5. The Morgan fingerprint density at radius 1 is 0.727 bits per heavy atom. The van der Waals surface area contributed by atoms with E-state index < -0.39 is 16.4 Å². The number of hydrogen-bond donors (Lipinski definition) is 0. The van der Waals surface area contributed by atoms with Crippen molar-refractivity contribution in [1.29, 1.82) is 0 Å². The summed E-state index contributed by atoms with van der Waals surface area (Å²) in [4.78, 5) is 0. The van der Waals surface area contributed by atoms with Gasteiger partial charge in [0, 0.05) is 0 Å². The van der Waals surface area contributed by atoms with E-state index in [2.05, 4.69) is 137 Å². The maximum atomic E-state index is 6.97. The Kier molecular flexibility index (Phi) is 6.68. The van der Waals surface area contributed by atoms with Crippen molar-refractivity contribution in [3.63, 3.8) is 0 Å². The van der Waals surface area contributed by atoms with Crippen LogP contribution in [-0.2, 0) is 4.43 Å². The third-order valence-corrected chi connectivity index (χ3v) is 16.8. The molecule has 0 aromatic heterocycles. The summed E-state index contributed by atoms with van der Waals surface area (Å²) in [5, 5.41) is 4.50. The van der Waals surface area contributed by atoms with Gasteiger partial charge in [0.15, 0.2) is 16.4 Å². The fourth-order valence-electron chi connectivity index (χ4n) is 4.74. The lowest BCUT2D eigenvalue weighted by Gasteiger charge is -2.47. The van der Waals surface area contributed by atoms with Gasteiger partial charge in [0.1, 0.15) is 0 Å². The fraction of sp³-hybridized carbons (Fsp3) is 0.333. The molecule has 1 aliphatic carbocycles. The molecule has 0 heterocycles. The maximum Gasteiger partial charge on any atom is 0.192 e. The molecular formula is C30H38OSi2. The first-order valence-electron chi connectivity index (χ1n) is 12.2. The topological polar surface area (TPSA) is 9.23 Å². The first-order valence-corrected chi connectivity index (χ1v) is 17.2. The highest BCUT2D eigenvalue weighted by Gasteiger charge is 2.46. The summed E-state index contributed by atoms with van der Waals surface area (Å²) >= 11 is 0. The Morgan fingerprint density at radius 2 is 1.12 bits per heavy atom. The summed E-state index contributed by atoms with van der Waals surface area (Å²) < 4.78 is 6.97. The molecule has 1 saturated carbocycles. The van der Waals surface area contributed by atoms with Crippen LogP contribution in [0.2, 0.25) is 18.1 Å². The lowest BCUT2D eigenvalue weighted by atomic mass is 9.79. The van der Waals surface area contributed by atoms with Crippen molar-refractivity contribution in [2.45, 2.75) is 58.4 Å². The van der Waals surface area contributed by atoms with Gasteiger partial charge in [-0.15, -0.1) is 0 Å². The fourth-order valence-corrected chi connectivity index (χ4v) is 10.7. The Hall–Kier alpha value is -2.21. The largest absolute Gasteiger partial charge is 0.410 e. The molecule has 1 aliphatic rings. The molecule has 1 nitrogen and oxygen atoms in total. The second-order valence-corrected chi connectivity index (χ2v) is 19.4. The molecule has 0 radical (unpaired) electrons. The third-order valence-electron chi connectivity index (χ3n) is 7.82. The van der Waals surface area contributed by atoms with Crippen molar-refractivity contribution in [2.24, 2.45) is 5.92 Å². The summed E-state index contributed by atoms with van der Waals surface area (Å²) in [6.45, 7) is 14.1. The van der Waals surface area contributed by atoms with Crippen LogP contribution >= 0.6 is 0 Å². The Bertz CT molecular complexity index is 986. The lowest BCUT2D eigenvalue weighted by molar-refractivity contribution is 0.130. The normalized spacial score (nSPS) is 20.5. The van der Waals surface area contributed by atoms with Crippen molar-refractivity contribution >= 4 is 32.0 Å². The van der Waals surface area contributed by atoms with Gasteiger partial charge in [0.2, 0.25) is 0 Å². The Balaban J connectivity index is 1.91. The van der Waals surface area contributed by atoms with Crippen LogP contribution < -0.4 is 15.6 Å². The molecule has 0 bridgehead atoms. The molecule has 4 rings (SSSR count). The highest BCUT2D eigenvalue weighted by Crippen LogP contribution is 2.44. The van der Waals surface area contributed by atoms with Crippen molar-refractivity contribution in [2.75, 3.05) is 0 Å². The maximum absolute atomic E-state index is 6.97. The molecule has 1 fully saturated rings. The van der Waals surface area contributed by atoms with Gasteiger partial charge in [0.25, 0.3) is 0 Å². The van der Waals surface area contributed by atoms with E-state index in [0.717, 1.165) is 6.42 Å². The number of benzene rings is 3. The number of hydrogen-bond acceptors (Lipinski definition) is 1. The molecule has 0 amide bonds. The third kappa shape index (κ3) is 4.59. The highest BCUT2D eigenvalue weighted by molar-refractivity contribution is 7.14. The minimum absolute atomic E-state index is 0.212. The lowest BCUT2D eigenvalue weighted by Crippen LogP contribution is -2.67. The molecule has 0 spiro atoms. The first kappa shape index (κ1) is 23.9. The highest BCUT2D eigenvalue weighted by atomic mass is 28.4. The Labute approximate surface area is 202 Å². The van der Waals surface area contributed by atoms with Crippen LogP contribution in [0.25, 0.3) is 0 Å². The molecule has 0 unspecified atom stereocenters. The van der Waals surface area contributed by atoms with E-state index in [0.29, 0.717) is 5.92 Å². The monoisotopic (exact) mass is 470 g/mol. The van der Waals surface area contributed by atoms with Gasteiger partial charge in [0.05, 0.1) is 6.10 Å². The van der Waals surface area contributed by atoms with Crippen LogP contribution in [0.5, 0.6) is 0 Å². The molecule has 172 valence electrons. The summed E-state index contributed by atoms with van der Waals surface area (Å²) in [5.74, 6) is 0.558. The van der Waals surface area contributed by atoms with Gasteiger partial charge in [-0.25, -0.2) is 0 Å². The standard InChI is InChI=1S/C30H38OSi2/c1-24-22-29(31-32(5,6)30(2,3)4)28(24)23-33(25-16-10-7-11-17-25,26-18-12-8-13-19-26)27-20-14-9-15-21-27/h7-21,23-24,29H,22H2,1-6H3/b28-23-/t24-,29-/m0/s1. The van der Waals surface area contributed by atoms with E-state index in [1.54, 1.807) is 0 Å². The average molecular weight is 471 g/mol. The van der Waals surface area contributed by atoms with Gasteiger partial charge in [-0.2, -0.15) is 0 Å². The predicted octanol–water partition coefficient (Wildman–Crippen LogP) is 6.05. The quantitative estimate of drug-likeness (QED) is 0.315. The van der Waals surface area contributed by atoms with Crippen molar-refractivity contribution < 1.29 is 4.43 Å². The predicted molar refractivity (Wildman–Crippen MR) is 148 cm³/mol. The molecule has 3 heteroatoms. The zero-order valence-corrected chi connectivity index (χ0v) is 23.0. The van der Waals surface area contributed by atoms with Gasteiger partial charge in [-0.05, 0) is 51.6 Å². The van der Waals surface area contributed by atoms with E-state index in [9.17, 15) is 0 Å². The molecule has 2 atom stereocenters. The average Bonchev–Trinajstić information content (AvgIpc) is 2.80. The smallest absolute Gasteiger partial charge is 0.192 e. The molecule has 0 aliphatic heterocycles.